The van der Waals surface area contributed by atoms with E-state index in [2.05, 4.69) is 13.8 Å². The number of ether oxygens (including phenoxy) is 1. The molecule has 26 heavy (non-hydrogen) atoms. The van der Waals surface area contributed by atoms with E-state index in [1.54, 1.807) is 11.9 Å². The highest BCUT2D eigenvalue weighted by atomic mass is 19.1. The summed E-state index contributed by atoms with van der Waals surface area (Å²) in [5.74, 6) is 1.12. The lowest BCUT2D eigenvalue weighted by Crippen LogP contribution is -2.64. The summed E-state index contributed by atoms with van der Waals surface area (Å²) < 4.78 is 19.6. The first-order chi connectivity index (χ1) is 12.2. The Labute approximate surface area is 155 Å². The van der Waals surface area contributed by atoms with Crippen molar-refractivity contribution in [3.63, 3.8) is 0 Å². The van der Waals surface area contributed by atoms with E-state index < -0.39 is 6.17 Å². The van der Waals surface area contributed by atoms with Crippen LogP contribution >= 0.6 is 0 Å². The molecule has 4 rings (SSSR count). The van der Waals surface area contributed by atoms with Crippen LogP contribution in [-0.2, 0) is 14.3 Å². The van der Waals surface area contributed by atoms with Crippen LogP contribution in [0.1, 0.15) is 58.8 Å². The molecule has 4 nitrogen and oxygen atoms in total. The molecule has 3 aliphatic carbocycles. The van der Waals surface area contributed by atoms with E-state index in [0.29, 0.717) is 24.2 Å². The first kappa shape index (κ1) is 18.2. The Bertz CT molecular complexity index is 624. The number of alkyl halides is 1. The van der Waals surface area contributed by atoms with Crippen LogP contribution in [0.25, 0.3) is 0 Å². The van der Waals surface area contributed by atoms with Gasteiger partial charge < -0.3 is 9.64 Å². The monoisotopic (exact) mass is 365 g/mol. The average molecular weight is 365 g/mol. The Hall–Kier alpha value is -1.13. The number of esters is 1. The lowest BCUT2D eigenvalue weighted by atomic mass is 9.46. The highest BCUT2D eigenvalue weighted by Crippen LogP contribution is 2.66. The quantitative estimate of drug-likeness (QED) is 0.667. The Kier molecular flexibility index (Phi) is 4.16. The normalized spacial score (nSPS) is 50.7. The fraction of sp³-hybridized carbons (Fsp3) is 0.905. The second kappa shape index (κ2) is 5.93. The van der Waals surface area contributed by atoms with Gasteiger partial charge in [0.05, 0.1) is 13.0 Å². The smallest absolute Gasteiger partial charge is 0.309 e. The Morgan fingerprint density at radius 1 is 1.12 bits per heavy atom. The average Bonchev–Trinajstić information content (AvgIpc) is 2.96. The van der Waals surface area contributed by atoms with Crippen LogP contribution < -0.4 is 0 Å². The van der Waals surface area contributed by atoms with Crippen molar-refractivity contribution in [2.45, 2.75) is 71.0 Å². The molecule has 1 aliphatic heterocycles. The number of carbonyl (C=O) groups excluding carboxylic acids is 2. The molecule has 1 saturated heterocycles. The Morgan fingerprint density at radius 2 is 1.81 bits per heavy atom. The van der Waals surface area contributed by atoms with Gasteiger partial charge in [0.1, 0.15) is 0 Å². The summed E-state index contributed by atoms with van der Waals surface area (Å²) in [6.07, 6.45) is 5.09. The van der Waals surface area contributed by atoms with Gasteiger partial charge in [-0.1, -0.05) is 13.8 Å². The van der Waals surface area contributed by atoms with Gasteiger partial charge in [0.2, 0.25) is 0 Å². The molecule has 0 radical (unpaired) electrons. The van der Waals surface area contributed by atoms with Gasteiger partial charge in [-0.2, -0.15) is 0 Å². The number of likely N-dealkylation sites (tertiary alicyclic amines) is 1. The lowest BCUT2D eigenvalue weighted by Gasteiger charge is -2.62. The van der Waals surface area contributed by atoms with E-state index in [9.17, 15) is 14.0 Å². The highest BCUT2D eigenvalue weighted by Gasteiger charge is 2.63. The topological polar surface area (TPSA) is 46.6 Å². The van der Waals surface area contributed by atoms with E-state index in [-0.39, 0.29) is 34.7 Å². The van der Waals surface area contributed by atoms with Crippen molar-refractivity contribution >= 4 is 11.9 Å². The number of halogens is 1. The number of rotatable bonds is 1. The molecule has 0 aromatic heterocycles. The van der Waals surface area contributed by atoms with E-state index in [1.165, 1.54) is 7.11 Å². The summed E-state index contributed by atoms with van der Waals surface area (Å²) in [6.45, 7) is 4.50. The molecule has 146 valence electrons. The van der Waals surface area contributed by atoms with Crippen molar-refractivity contribution in [2.24, 2.45) is 34.5 Å². The molecule has 0 aromatic rings. The molecule has 0 N–H and O–H groups in total. The minimum absolute atomic E-state index is 0.00788. The molecule has 3 saturated carbocycles. The van der Waals surface area contributed by atoms with Crippen molar-refractivity contribution in [1.29, 1.82) is 0 Å². The van der Waals surface area contributed by atoms with Gasteiger partial charge in [-0.3, -0.25) is 9.59 Å². The van der Waals surface area contributed by atoms with Gasteiger partial charge in [0.25, 0.3) is 5.91 Å². The molecule has 0 bridgehead atoms. The first-order valence-corrected chi connectivity index (χ1v) is 10.2. The van der Waals surface area contributed by atoms with Crippen molar-refractivity contribution in [2.75, 3.05) is 14.2 Å². The third-order valence-corrected chi connectivity index (χ3v) is 9.01. The number of amides is 1. The fourth-order valence-corrected chi connectivity index (χ4v) is 7.74. The number of carbonyl (C=O) groups is 2. The number of hydrogen-bond acceptors (Lipinski definition) is 3. The molecule has 4 fully saturated rings. The molecular weight excluding hydrogens is 333 g/mol. The molecule has 5 heteroatoms. The largest absolute Gasteiger partial charge is 0.469 e. The molecule has 0 spiro atoms. The summed E-state index contributed by atoms with van der Waals surface area (Å²) in [4.78, 5) is 26.2. The third kappa shape index (κ3) is 2.24. The predicted octanol–water partition coefficient (Wildman–Crippen LogP) is 3.59. The van der Waals surface area contributed by atoms with Crippen LogP contribution in [0.5, 0.6) is 0 Å². The summed E-state index contributed by atoms with van der Waals surface area (Å²) in [5.41, 5.74) is -0.126. The Morgan fingerprint density at radius 3 is 2.50 bits per heavy atom. The predicted molar refractivity (Wildman–Crippen MR) is 96.0 cm³/mol. The number of hydrogen-bond donors (Lipinski definition) is 0. The third-order valence-electron chi connectivity index (χ3n) is 9.01. The maximum atomic E-state index is 14.5. The molecule has 4 aliphatic rings. The van der Waals surface area contributed by atoms with Crippen LogP contribution in [-0.4, -0.2) is 43.1 Å². The van der Waals surface area contributed by atoms with Gasteiger partial charge in [-0.05, 0) is 73.5 Å². The first-order valence-electron chi connectivity index (χ1n) is 10.2. The summed E-state index contributed by atoms with van der Waals surface area (Å²) in [6, 6.07) is 0.158. The minimum Gasteiger partial charge on any atom is -0.469 e. The zero-order chi connectivity index (χ0) is 18.9. The summed E-state index contributed by atoms with van der Waals surface area (Å²) >= 11 is 0. The van der Waals surface area contributed by atoms with Gasteiger partial charge in [-0.15, -0.1) is 0 Å². The van der Waals surface area contributed by atoms with Crippen LogP contribution in [0, 0.1) is 34.5 Å². The summed E-state index contributed by atoms with van der Waals surface area (Å²) in [7, 11) is 3.28. The van der Waals surface area contributed by atoms with E-state index in [0.717, 1.165) is 38.5 Å². The number of nitrogens with zero attached hydrogens (tertiary/aromatic N) is 1. The van der Waals surface area contributed by atoms with Crippen LogP contribution in [0.4, 0.5) is 4.39 Å². The number of piperidine rings is 1. The second-order valence-electron chi connectivity index (χ2n) is 9.79. The molecular formula is C21H32FNO3. The van der Waals surface area contributed by atoms with Gasteiger partial charge in [0.15, 0.2) is 6.17 Å². The zero-order valence-corrected chi connectivity index (χ0v) is 16.5. The van der Waals surface area contributed by atoms with Gasteiger partial charge in [0, 0.05) is 13.1 Å². The van der Waals surface area contributed by atoms with E-state index in [1.807, 2.05) is 0 Å². The van der Waals surface area contributed by atoms with Crippen molar-refractivity contribution in [3.05, 3.63) is 0 Å². The maximum Gasteiger partial charge on any atom is 0.309 e. The minimum atomic E-state index is -1.36. The number of methoxy groups -OCH3 is 1. The Balaban J connectivity index is 1.64. The fourth-order valence-electron chi connectivity index (χ4n) is 7.74. The van der Waals surface area contributed by atoms with Crippen molar-refractivity contribution in [1.82, 2.24) is 4.90 Å². The molecule has 0 aromatic carbocycles. The van der Waals surface area contributed by atoms with Crippen LogP contribution in [0.2, 0.25) is 0 Å². The molecule has 1 heterocycles. The van der Waals surface area contributed by atoms with Crippen molar-refractivity contribution in [3.8, 4) is 0 Å². The van der Waals surface area contributed by atoms with Gasteiger partial charge >= 0.3 is 5.97 Å². The zero-order valence-electron chi connectivity index (χ0n) is 16.5. The van der Waals surface area contributed by atoms with Crippen LogP contribution in [0.15, 0.2) is 0 Å². The standard InChI is InChI=1S/C21H32FNO3/c1-20-10-9-14-12(13(20)6-7-15(20)19(25)26-4)5-8-17-21(14,2)11-16(22)18(24)23(17)3/h12-17H,5-11H2,1-4H3/t12-,13-,14-,15+,16+,17+,20-,21+/m0/s1. The van der Waals surface area contributed by atoms with Crippen LogP contribution in [0.3, 0.4) is 0 Å². The second-order valence-corrected chi connectivity index (χ2v) is 9.79. The highest BCUT2D eigenvalue weighted by molar-refractivity contribution is 5.82. The number of fused-ring (bicyclic) bond motifs is 5. The summed E-state index contributed by atoms with van der Waals surface area (Å²) in [5, 5.41) is 0. The SMILES string of the molecule is COC(=O)[C@H]1CC[C@H]2[C@@H]3CC[C@H]4N(C)C(=O)[C@H](F)C[C@]4(C)[C@H]3CC[C@]12C. The van der Waals surface area contributed by atoms with Crippen molar-refractivity contribution < 1.29 is 18.7 Å². The van der Waals surface area contributed by atoms with E-state index in [4.69, 9.17) is 4.74 Å². The maximum absolute atomic E-state index is 14.5. The molecule has 1 amide bonds. The molecule has 8 atom stereocenters. The van der Waals surface area contributed by atoms with E-state index >= 15 is 0 Å². The lowest BCUT2D eigenvalue weighted by molar-refractivity contribution is -0.171. The molecule has 0 unspecified atom stereocenters. The van der Waals surface area contributed by atoms with Gasteiger partial charge in [-0.25, -0.2) is 4.39 Å².